The number of aliphatic hydroxyl groups is 1. The lowest BCUT2D eigenvalue weighted by molar-refractivity contribution is -0.140. The molecule has 0 spiro atoms. The molecule has 26 heavy (non-hydrogen) atoms. The van der Waals surface area contributed by atoms with Crippen LogP contribution < -0.4 is 4.74 Å². The minimum Gasteiger partial charge on any atom is -0.491 e. The molecule has 0 unspecified atom stereocenters. The third-order valence-electron chi connectivity index (χ3n) is 3.94. The van der Waals surface area contributed by atoms with Crippen LogP contribution in [0.4, 0.5) is 0 Å². The molecule has 0 aromatic heterocycles. The zero-order chi connectivity index (χ0) is 18.9. The van der Waals surface area contributed by atoms with Gasteiger partial charge in [-0.2, -0.15) is 0 Å². The first kappa shape index (κ1) is 19.7. The molecule has 0 saturated carbocycles. The largest absolute Gasteiger partial charge is 0.491 e. The van der Waals surface area contributed by atoms with Crippen molar-refractivity contribution in [1.29, 1.82) is 0 Å². The molecule has 0 amide bonds. The molecule has 0 saturated heterocycles. The van der Waals surface area contributed by atoms with Crippen molar-refractivity contribution in [3.05, 3.63) is 65.7 Å². The fourth-order valence-electron chi connectivity index (χ4n) is 2.59. The summed E-state index contributed by atoms with van der Waals surface area (Å²) in [7, 11) is 0. The summed E-state index contributed by atoms with van der Waals surface area (Å²) < 4.78 is 10.8. The van der Waals surface area contributed by atoms with E-state index in [0.717, 1.165) is 29.5 Å². The van der Waals surface area contributed by atoms with Gasteiger partial charge in [-0.25, -0.2) is 4.79 Å². The second-order valence-electron chi connectivity index (χ2n) is 6.20. The van der Waals surface area contributed by atoms with Gasteiger partial charge >= 0.3 is 5.97 Å². The summed E-state index contributed by atoms with van der Waals surface area (Å²) in [5.41, 5.74) is 4.53. The molecule has 1 N–H and O–H groups in total. The maximum absolute atomic E-state index is 11.7. The van der Waals surface area contributed by atoms with Crippen LogP contribution in [0.2, 0.25) is 0 Å². The topological polar surface area (TPSA) is 55.8 Å². The Morgan fingerprint density at radius 3 is 2.42 bits per heavy atom. The van der Waals surface area contributed by atoms with Crippen LogP contribution in [-0.2, 0) is 22.6 Å². The molecule has 2 rings (SSSR count). The van der Waals surface area contributed by atoms with Gasteiger partial charge in [-0.1, -0.05) is 50.3 Å². The van der Waals surface area contributed by atoms with Crippen molar-refractivity contribution in [2.75, 3.05) is 13.2 Å². The van der Waals surface area contributed by atoms with Crippen molar-refractivity contribution < 1.29 is 19.4 Å². The SMILES string of the molecule is C=C(C)C(=O)OCc1cc(-c2ccc(CCC)cc2)ccc1OCCO. The van der Waals surface area contributed by atoms with Crippen LogP contribution >= 0.6 is 0 Å². The van der Waals surface area contributed by atoms with E-state index in [1.165, 1.54) is 5.56 Å². The Bertz CT molecular complexity index is 747. The number of hydrogen-bond donors (Lipinski definition) is 1. The second-order valence-corrected chi connectivity index (χ2v) is 6.20. The molecular weight excluding hydrogens is 328 g/mol. The first-order chi connectivity index (χ1) is 12.5. The van der Waals surface area contributed by atoms with E-state index in [4.69, 9.17) is 14.6 Å². The van der Waals surface area contributed by atoms with Gasteiger partial charge in [-0.05, 0) is 42.2 Å². The average molecular weight is 354 g/mol. The maximum Gasteiger partial charge on any atom is 0.333 e. The molecular formula is C22H26O4. The first-order valence-corrected chi connectivity index (χ1v) is 8.83. The summed E-state index contributed by atoms with van der Waals surface area (Å²) in [4.78, 5) is 11.7. The Labute approximate surface area is 155 Å². The van der Waals surface area contributed by atoms with Crippen molar-refractivity contribution in [3.8, 4) is 16.9 Å². The average Bonchev–Trinajstić information content (AvgIpc) is 2.65. The number of aliphatic hydroxyl groups excluding tert-OH is 1. The van der Waals surface area contributed by atoms with Gasteiger partial charge in [0.2, 0.25) is 0 Å². The first-order valence-electron chi connectivity index (χ1n) is 8.83. The van der Waals surface area contributed by atoms with Gasteiger partial charge in [0.15, 0.2) is 0 Å². The predicted molar refractivity (Wildman–Crippen MR) is 103 cm³/mol. The molecule has 0 bridgehead atoms. The molecule has 2 aromatic rings. The van der Waals surface area contributed by atoms with Gasteiger partial charge in [0.1, 0.15) is 19.0 Å². The summed E-state index contributed by atoms with van der Waals surface area (Å²) >= 11 is 0. The third-order valence-corrected chi connectivity index (χ3v) is 3.94. The molecule has 4 heteroatoms. The minimum absolute atomic E-state index is 0.0777. The lowest BCUT2D eigenvalue weighted by Crippen LogP contribution is -2.08. The monoisotopic (exact) mass is 354 g/mol. The van der Waals surface area contributed by atoms with Gasteiger partial charge in [-0.3, -0.25) is 0 Å². The summed E-state index contributed by atoms with van der Waals surface area (Å²) in [6.07, 6.45) is 2.19. The van der Waals surface area contributed by atoms with Crippen LogP contribution in [0.15, 0.2) is 54.6 Å². The highest BCUT2D eigenvalue weighted by atomic mass is 16.5. The van der Waals surface area contributed by atoms with E-state index < -0.39 is 5.97 Å². The van der Waals surface area contributed by atoms with Crippen molar-refractivity contribution in [1.82, 2.24) is 0 Å². The Kier molecular flexibility index (Phi) is 7.42. The third kappa shape index (κ3) is 5.46. The Morgan fingerprint density at radius 2 is 1.81 bits per heavy atom. The summed E-state index contributed by atoms with van der Waals surface area (Å²) in [6.45, 7) is 7.56. The summed E-state index contributed by atoms with van der Waals surface area (Å²) in [5.74, 6) is 0.160. The number of aryl methyl sites for hydroxylation is 1. The highest BCUT2D eigenvalue weighted by molar-refractivity contribution is 5.87. The molecule has 0 fully saturated rings. The summed E-state index contributed by atoms with van der Waals surface area (Å²) in [5, 5.41) is 8.99. The van der Waals surface area contributed by atoms with Gasteiger partial charge in [0, 0.05) is 11.1 Å². The van der Waals surface area contributed by atoms with E-state index in [2.05, 4.69) is 37.8 Å². The van der Waals surface area contributed by atoms with E-state index in [0.29, 0.717) is 11.3 Å². The Balaban J connectivity index is 2.25. The molecule has 2 aromatic carbocycles. The molecule has 0 aliphatic heterocycles. The lowest BCUT2D eigenvalue weighted by atomic mass is 10.00. The summed E-state index contributed by atoms with van der Waals surface area (Å²) in [6, 6.07) is 14.2. The van der Waals surface area contributed by atoms with Crippen molar-refractivity contribution in [2.45, 2.75) is 33.3 Å². The number of ether oxygens (including phenoxy) is 2. The zero-order valence-corrected chi connectivity index (χ0v) is 15.5. The zero-order valence-electron chi connectivity index (χ0n) is 15.5. The molecule has 0 aliphatic carbocycles. The second kappa shape index (κ2) is 9.78. The molecule has 4 nitrogen and oxygen atoms in total. The van der Waals surface area contributed by atoms with Crippen molar-refractivity contribution in [2.24, 2.45) is 0 Å². The number of rotatable bonds is 9. The smallest absolute Gasteiger partial charge is 0.333 e. The van der Waals surface area contributed by atoms with Crippen LogP contribution in [-0.4, -0.2) is 24.3 Å². The van der Waals surface area contributed by atoms with E-state index in [1.807, 2.05) is 18.2 Å². The Hall–Kier alpha value is -2.59. The number of esters is 1. The number of carbonyl (C=O) groups is 1. The standard InChI is InChI=1S/C22H26O4/c1-4-5-17-6-8-18(9-7-17)19-10-11-21(25-13-12-23)20(14-19)15-26-22(24)16(2)3/h6-11,14,23H,2,4-5,12-13,15H2,1,3H3. The molecule has 138 valence electrons. The van der Waals surface area contributed by atoms with Crippen LogP contribution in [0.1, 0.15) is 31.4 Å². The van der Waals surface area contributed by atoms with E-state index in [9.17, 15) is 4.79 Å². The molecule has 0 atom stereocenters. The number of benzene rings is 2. The normalized spacial score (nSPS) is 10.4. The van der Waals surface area contributed by atoms with Crippen LogP contribution in [0, 0.1) is 0 Å². The van der Waals surface area contributed by atoms with Crippen LogP contribution in [0.3, 0.4) is 0 Å². The number of hydrogen-bond acceptors (Lipinski definition) is 4. The van der Waals surface area contributed by atoms with Crippen molar-refractivity contribution >= 4 is 5.97 Å². The van der Waals surface area contributed by atoms with Crippen LogP contribution in [0.25, 0.3) is 11.1 Å². The highest BCUT2D eigenvalue weighted by Gasteiger charge is 2.11. The van der Waals surface area contributed by atoms with Gasteiger partial charge in [0.25, 0.3) is 0 Å². The van der Waals surface area contributed by atoms with Crippen LogP contribution in [0.5, 0.6) is 5.75 Å². The van der Waals surface area contributed by atoms with E-state index in [-0.39, 0.29) is 19.8 Å². The van der Waals surface area contributed by atoms with E-state index in [1.54, 1.807) is 6.92 Å². The predicted octanol–water partition coefficient (Wildman–Crippen LogP) is 4.30. The number of carbonyl (C=O) groups excluding carboxylic acids is 1. The highest BCUT2D eigenvalue weighted by Crippen LogP contribution is 2.28. The fraction of sp³-hybridized carbons (Fsp3) is 0.318. The lowest BCUT2D eigenvalue weighted by Gasteiger charge is -2.13. The van der Waals surface area contributed by atoms with Crippen molar-refractivity contribution in [3.63, 3.8) is 0 Å². The quantitative estimate of drug-likeness (QED) is 0.539. The van der Waals surface area contributed by atoms with Gasteiger partial charge < -0.3 is 14.6 Å². The maximum atomic E-state index is 11.7. The van der Waals surface area contributed by atoms with Gasteiger partial charge in [-0.15, -0.1) is 0 Å². The fourth-order valence-corrected chi connectivity index (χ4v) is 2.59. The molecule has 0 heterocycles. The van der Waals surface area contributed by atoms with E-state index >= 15 is 0 Å². The Morgan fingerprint density at radius 1 is 1.12 bits per heavy atom. The molecule has 0 aliphatic rings. The molecule has 0 radical (unpaired) electrons. The van der Waals surface area contributed by atoms with Gasteiger partial charge in [0.05, 0.1) is 6.61 Å². The minimum atomic E-state index is -0.438.